The molecule has 1 aromatic carbocycles. The fourth-order valence-electron chi connectivity index (χ4n) is 1.14. The van der Waals surface area contributed by atoms with Crippen LogP contribution in [-0.2, 0) is 4.74 Å². The Morgan fingerprint density at radius 3 is 2.20 bits per heavy atom. The first-order valence-corrected chi connectivity index (χ1v) is 4.15. The molecule has 0 saturated heterocycles. The number of hydrogen-bond acceptors (Lipinski definition) is 3. The zero-order chi connectivity index (χ0) is 11.4. The van der Waals surface area contributed by atoms with Crippen molar-refractivity contribution >= 4 is 5.78 Å². The van der Waals surface area contributed by atoms with Crippen LogP contribution in [0.25, 0.3) is 0 Å². The lowest BCUT2D eigenvalue weighted by molar-refractivity contribution is 0.0839. The molecule has 0 spiro atoms. The predicted molar refractivity (Wildman–Crippen MR) is 49.1 cm³/mol. The number of Topliss-reactive ketones (excluding diaryl/α,β-unsaturated/α-hetero) is 1. The first-order chi connectivity index (χ1) is 7.10. The number of carbonyl (C=O) groups is 1. The molecule has 15 heavy (non-hydrogen) atoms. The quantitative estimate of drug-likeness (QED) is 0.720. The van der Waals surface area contributed by atoms with Crippen molar-refractivity contribution in [1.29, 1.82) is 0 Å². The molecule has 0 N–H and O–H groups in total. The molecule has 82 valence electrons. The molecule has 0 saturated carbocycles. The summed E-state index contributed by atoms with van der Waals surface area (Å²) in [7, 11) is 2.56. The number of ether oxygens (including phenoxy) is 2. The lowest BCUT2D eigenvalue weighted by Gasteiger charge is -2.06. The molecular formula is C10H10F2O3. The summed E-state index contributed by atoms with van der Waals surface area (Å²) in [5, 5.41) is 0. The Hall–Kier alpha value is -1.49. The number of methoxy groups -OCH3 is 2. The van der Waals surface area contributed by atoms with Gasteiger partial charge in [0.1, 0.15) is 24.0 Å². The monoisotopic (exact) mass is 216 g/mol. The summed E-state index contributed by atoms with van der Waals surface area (Å²) in [6.07, 6.45) is 0. The predicted octanol–water partition coefficient (Wildman–Crippen LogP) is 1.80. The van der Waals surface area contributed by atoms with Gasteiger partial charge in [-0.25, -0.2) is 8.78 Å². The van der Waals surface area contributed by atoms with Crippen molar-refractivity contribution < 1.29 is 23.0 Å². The van der Waals surface area contributed by atoms with Crippen molar-refractivity contribution in [3.05, 3.63) is 29.3 Å². The summed E-state index contributed by atoms with van der Waals surface area (Å²) in [5.74, 6) is -2.61. The third-order valence-corrected chi connectivity index (χ3v) is 1.81. The van der Waals surface area contributed by atoms with Crippen molar-refractivity contribution in [1.82, 2.24) is 0 Å². The minimum Gasteiger partial charge on any atom is -0.497 e. The van der Waals surface area contributed by atoms with E-state index in [2.05, 4.69) is 9.47 Å². The summed E-state index contributed by atoms with van der Waals surface area (Å²) in [6.45, 7) is -0.361. The normalized spacial score (nSPS) is 10.1. The molecule has 0 bridgehead atoms. The van der Waals surface area contributed by atoms with Crippen LogP contribution in [0.5, 0.6) is 5.75 Å². The minimum absolute atomic E-state index is 0.0268. The van der Waals surface area contributed by atoms with Gasteiger partial charge in [0, 0.05) is 19.2 Å². The van der Waals surface area contributed by atoms with Gasteiger partial charge < -0.3 is 9.47 Å². The second-order valence-corrected chi connectivity index (χ2v) is 2.82. The molecular weight excluding hydrogens is 206 g/mol. The molecule has 5 heteroatoms. The van der Waals surface area contributed by atoms with Crippen LogP contribution >= 0.6 is 0 Å². The average Bonchev–Trinajstić information content (AvgIpc) is 2.16. The zero-order valence-corrected chi connectivity index (χ0v) is 8.34. The minimum atomic E-state index is -0.950. The smallest absolute Gasteiger partial charge is 0.194 e. The second kappa shape index (κ2) is 4.84. The molecule has 0 aliphatic carbocycles. The molecule has 3 nitrogen and oxygen atoms in total. The summed E-state index contributed by atoms with van der Waals surface area (Å²) in [6, 6.07) is 1.90. The first-order valence-electron chi connectivity index (χ1n) is 4.15. The maximum absolute atomic E-state index is 13.3. The second-order valence-electron chi connectivity index (χ2n) is 2.82. The molecule has 0 aliphatic heterocycles. The molecule has 0 unspecified atom stereocenters. The third-order valence-electron chi connectivity index (χ3n) is 1.81. The number of hydrogen-bond donors (Lipinski definition) is 0. The highest BCUT2D eigenvalue weighted by atomic mass is 19.1. The van der Waals surface area contributed by atoms with Gasteiger partial charge in [0.05, 0.1) is 12.7 Å². The molecule has 0 amide bonds. The highest BCUT2D eigenvalue weighted by Crippen LogP contribution is 2.20. The van der Waals surface area contributed by atoms with E-state index in [1.165, 1.54) is 14.2 Å². The van der Waals surface area contributed by atoms with Crippen LogP contribution in [0.3, 0.4) is 0 Å². The van der Waals surface area contributed by atoms with Gasteiger partial charge in [-0.3, -0.25) is 4.79 Å². The highest BCUT2D eigenvalue weighted by Gasteiger charge is 2.18. The number of carbonyl (C=O) groups excluding carboxylic acids is 1. The SMILES string of the molecule is COCC(=O)c1c(F)cc(OC)cc1F. The maximum atomic E-state index is 13.3. The Kier molecular flexibility index (Phi) is 3.74. The Morgan fingerprint density at radius 1 is 1.27 bits per heavy atom. The van der Waals surface area contributed by atoms with Crippen LogP contribution in [-0.4, -0.2) is 26.6 Å². The summed E-state index contributed by atoms with van der Waals surface area (Å²) >= 11 is 0. The Balaban J connectivity index is 3.13. The van der Waals surface area contributed by atoms with Crippen LogP contribution in [0.1, 0.15) is 10.4 Å². The molecule has 0 radical (unpaired) electrons. The standard InChI is InChI=1S/C10H10F2O3/c1-14-5-9(13)10-7(11)3-6(15-2)4-8(10)12/h3-4H,5H2,1-2H3. The van der Waals surface area contributed by atoms with E-state index in [9.17, 15) is 13.6 Å². The van der Waals surface area contributed by atoms with Crippen LogP contribution in [0.15, 0.2) is 12.1 Å². The maximum Gasteiger partial charge on any atom is 0.194 e. The molecule has 1 rings (SSSR count). The number of benzene rings is 1. The fourth-order valence-corrected chi connectivity index (χ4v) is 1.14. The Bertz CT molecular complexity index is 354. The van der Waals surface area contributed by atoms with Gasteiger partial charge in [-0.15, -0.1) is 0 Å². The zero-order valence-electron chi connectivity index (χ0n) is 8.34. The van der Waals surface area contributed by atoms with E-state index >= 15 is 0 Å². The van der Waals surface area contributed by atoms with Gasteiger partial charge in [0.2, 0.25) is 0 Å². The van der Waals surface area contributed by atoms with Crippen molar-refractivity contribution in [2.45, 2.75) is 0 Å². The largest absolute Gasteiger partial charge is 0.497 e. The van der Waals surface area contributed by atoms with Gasteiger partial charge in [0.25, 0.3) is 0 Å². The summed E-state index contributed by atoms with van der Waals surface area (Å²) in [4.78, 5) is 11.2. The van der Waals surface area contributed by atoms with Crippen LogP contribution in [0.4, 0.5) is 8.78 Å². The number of halogens is 2. The van der Waals surface area contributed by atoms with E-state index in [1.807, 2.05) is 0 Å². The van der Waals surface area contributed by atoms with Crippen molar-refractivity contribution in [3.63, 3.8) is 0 Å². The first kappa shape index (κ1) is 11.6. The molecule has 0 fully saturated rings. The van der Waals surface area contributed by atoms with Crippen molar-refractivity contribution in [2.75, 3.05) is 20.8 Å². The molecule has 0 aromatic heterocycles. The van der Waals surface area contributed by atoms with E-state index in [-0.39, 0.29) is 12.4 Å². The van der Waals surface area contributed by atoms with E-state index in [0.29, 0.717) is 0 Å². The third kappa shape index (κ3) is 2.50. The van der Waals surface area contributed by atoms with Crippen LogP contribution in [0.2, 0.25) is 0 Å². The summed E-state index contributed by atoms with van der Waals surface area (Å²) < 4.78 is 35.7. The number of rotatable bonds is 4. The van der Waals surface area contributed by atoms with E-state index in [0.717, 1.165) is 12.1 Å². The average molecular weight is 216 g/mol. The Labute approximate surface area is 85.6 Å². The molecule has 0 aliphatic rings. The van der Waals surface area contributed by atoms with Gasteiger partial charge in [-0.2, -0.15) is 0 Å². The molecule has 0 atom stereocenters. The highest BCUT2D eigenvalue weighted by molar-refractivity contribution is 5.97. The van der Waals surface area contributed by atoms with Gasteiger partial charge in [-0.1, -0.05) is 0 Å². The van der Waals surface area contributed by atoms with Crippen LogP contribution < -0.4 is 4.74 Å². The van der Waals surface area contributed by atoms with E-state index < -0.39 is 23.0 Å². The topological polar surface area (TPSA) is 35.5 Å². The molecule has 0 heterocycles. The van der Waals surface area contributed by atoms with Gasteiger partial charge in [0.15, 0.2) is 5.78 Å². The van der Waals surface area contributed by atoms with Crippen LogP contribution in [0, 0.1) is 11.6 Å². The number of ketones is 1. The van der Waals surface area contributed by atoms with Gasteiger partial charge >= 0.3 is 0 Å². The van der Waals surface area contributed by atoms with Gasteiger partial charge in [-0.05, 0) is 0 Å². The van der Waals surface area contributed by atoms with E-state index in [4.69, 9.17) is 0 Å². The Morgan fingerprint density at radius 2 is 1.80 bits per heavy atom. The lowest BCUT2D eigenvalue weighted by Crippen LogP contribution is -2.12. The molecule has 1 aromatic rings. The summed E-state index contributed by atoms with van der Waals surface area (Å²) in [5.41, 5.74) is -0.599. The van der Waals surface area contributed by atoms with E-state index in [1.54, 1.807) is 0 Å². The van der Waals surface area contributed by atoms with Crippen molar-refractivity contribution in [2.24, 2.45) is 0 Å². The van der Waals surface area contributed by atoms with Crippen molar-refractivity contribution in [3.8, 4) is 5.75 Å². The lowest BCUT2D eigenvalue weighted by atomic mass is 10.1. The fraction of sp³-hybridized carbons (Fsp3) is 0.300.